The number of nitrogens with one attached hydrogen (secondary N) is 1. The van der Waals surface area contributed by atoms with E-state index in [4.69, 9.17) is 15.9 Å². The van der Waals surface area contributed by atoms with Crippen LogP contribution < -0.4 is 10.5 Å². The molecule has 2 aromatic rings. The lowest BCUT2D eigenvalue weighted by Crippen LogP contribution is -2.12. The van der Waals surface area contributed by atoms with Crippen molar-refractivity contribution in [3.63, 3.8) is 0 Å². The predicted molar refractivity (Wildman–Crippen MR) is 67.4 cm³/mol. The van der Waals surface area contributed by atoms with Crippen LogP contribution in [0.2, 0.25) is 0 Å². The molecule has 0 saturated heterocycles. The Hall–Kier alpha value is -2.37. The molecule has 1 aromatic carbocycles. The average molecular weight is 245 g/mol. The third kappa shape index (κ3) is 3.31. The van der Waals surface area contributed by atoms with Crippen LogP contribution in [0.1, 0.15) is 11.3 Å². The monoisotopic (exact) mass is 245 g/mol. The number of amidine groups is 1. The minimum Gasteiger partial charge on any atom is -0.487 e. The largest absolute Gasteiger partial charge is 0.487 e. The van der Waals surface area contributed by atoms with E-state index in [0.29, 0.717) is 13.0 Å². The lowest BCUT2D eigenvalue weighted by molar-refractivity contribution is 0.301. The van der Waals surface area contributed by atoms with Gasteiger partial charge in [0.25, 0.3) is 0 Å². The molecule has 0 spiro atoms. The number of ether oxygens (including phenoxy) is 1. The Kier molecular flexibility index (Phi) is 3.57. The summed E-state index contributed by atoms with van der Waals surface area (Å²) in [6.45, 7) is 0.389. The van der Waals surface area contributed by atoms with E-state index in [1.807, 2.05) is 37.5 Å². The fraction of sp³-hybridized carbons (Fsp3) is 0.250. The number of hydrogen-bond donors (Lipinski definition) is 2. The van der Waals surface area contributed by atoms with Crippen LogP contribution in [-0.4, -0.2) is 20.8 Å². The van der Waals surface area contributed by atoms with Crippen LogP contribution in [0.5, 0.6) is 5.75 Å². The molecule has 0 bridgehead atoms. The van der Waals surface area contributed by atoms with Gasteiger partial charge in [-0.1, -0.05) is 17.3 Å². The van der Waals surface area contributed by atoms with Crippen molar-refractivity contribution >= 4 is 5.84 Å². The molecule has 1 heterocycles. The van der Waals surface area contributed by atoms with E-state index in [9.17, 15) is 0 Å². The molecular formula is C12H15N5O. The molecule has 18 heavy (non-hydrogen) atoms. The first-order chi connectivity index (χ1) is 8.63. The maximum atomic E-state index is 7.21. The summed E-state index contributed by atoms with van der Waals surface area (Å²) in [6.07, 6.45) is 2.27. The summed E-state index contributed by atoms with van der Waals surface area (Å²) in [5, 5.41) is 15.0. The molecule has 94 valence electrons. The number of nitrogens with two attached hydrogens (primary N) is 1. The number of hydrogen-bond acceptors (Lipinski definition) is 4. The van der Waals surface area contributed by atoms with Gasteiger partial charge < -0.3 is 10.5 Å². The zero-order valence-corrected chi connectivity index (χ0v) is 10.1. The quantitative estimate of drug-likeness (QED) is 0.604. The second-order valence-corrected chi connectivity index (χ2v) is 4.02. The van der Waals surface area contributed by atoms with Gasteiger partial charge in [0.15, 0.2) is 0 Å². The Morgan fingerprint density at radius 1 is 1.39 bits per heavy atom. The second-order valence-electron chi connectivity index (χ2n) is 4.02. The van der Waals surface area contributed by atoms with Gasteiger partial charge in [0, 0.05) is 13.5 Å². The second kappa shape index (κ2) is 5.31. The lowest BCUT2D eigenvalue weighted by Gasteiger charge is -2.05. The molecule has 0 saturated carbocycles. The molecule has 2 rings (SSSR count). The minimum atomic E-state index is 0.156. The molecule has 1 aromatic heterocycles. The highest BCUT2D eigenvalue weighted by molar-refractivity contribution is 5.79. The van der Waals surface area contributed by atoms with Crippen LogP contribution >= 0.6 is 0 Å². The van der Waals surface area contributed by atoms with Crippen LogP contribution in [0.3, 0.4) is 0 Å². The fourth-order valence-corrected chi connectivity index (χ4v) is 1.54. The zero-order chi connectivity index (χ0) is 13.0. The highest BCUT2D eigenvalue weighted by Crippen LogP contribution is 2.13. The van der Waals surface area contributed by atoms with Crippen LogP contribution in [0.4, 0.5) is 0 Å². The third-order valence-corrected chi connectivity index (χ3v) is 2.35. The van der Waals surface area contributed by atoms with Gasteiger partial charge in [0.1, 0.15) is 18.1 Å². The van der Waals surface area contributed by atoms with Crippen molar-refractivity contribution in [3.8, 4) is 5.75 Å². The molecule has 0 aliphatic rings. The van der Waals surface area contributed by atoms with E-state index >= 15 is 0 Å². The SMILES string of the molecule is Cn1cc(COc2ccc(CC(=N)N)cc2)nn1. The van der Waals surface area contributed by atoms with E-state index < -0.39 is 0 Å². The number of aromatic nitrogens is 3. The average Bonchev–Trinajstić information content (AvgIpc) is 2.74. The summed E-state index contributed by atoms with van der Waals surface area (Å²) in [5.74, 6) is 0.913. The van der Waals surface area contributed by atoms with Crippen molar-refractivity contribution in [1.29, 1.82) is 5.41 Å². The van der Waals surface area contributed by atoms with Gasteiger partial charge >= 0.3 is 0 Å². The van der Waals surface area contributed by atoms with Crippen molar-refractivity contribution < 1.29 is 4.74 Å². The Bertz CT molecular complexity index is 532. The molecule has 0 radical (unpaired) electrons. The standard InChI is InChI=1S/C12H15N5O/c1-17-7-10(15-16-17)8-18-11-4-2-9(3-5-11)6-12(13)14/h2-5,7H,6,8H2,1H3,(H3,13,14). The van der Waals surface area contributed by atoms with Gasteiger partial charge in [-0.05, 0) is 17.7 Å². The lowest BCUT2D eigenvalue weighted by atomic mass is 10.1. The minimum absolute atomic E-state index is 0.156. The van der Waals surface area contributed by atoms with E-state index in [1.54, 1.807) is 4.68 Å². The molecule has 0 aliphatic carbocycles. The summed E-state index contributed by atoms with van der Waals surface area (Å²) in [4.78, 5) is 0. The highest BCUT2D eigenvalue weighted by atomic mass is 16.5. The first kappa shape index (κ1) is 12.1. The van der Waals surface area contributed by atoms with E-state index in [0.717, 1.165) is 17.0 Å². The van der Waals surface area contributed by atoms with Gasteiger partial charge in [-0.2, -0.15) is 0 Å². The highest BCUT2D eigenvalue weighted by Gasteiger charge is 2.01. The first-order valence-electron chi connectivity index (χ1n) is 5.53. The summed E-state index contributed by atoms with van der Waals surface area (Å²) < 4.78 is 7.20. The van der Waals surface area contributed by atoms with E-state index in [-0.39, 0.29) is 5.84 Å². The van der Waals surface area contributed by atoms with E-state index in [2.05, 4.69) is 10.3 Å². The van der Waals surface area contributed by atoms with Crippen molar-refractivity contribution in [2.45, 2.75) is 13.0 Å². The molecular weight excluding hydrogens is 230 g/mol. The molecule has 0 unspecified atom stereocenters. The summed E-state index contributed by atoms with van der Waals surface area (Å²) in [7, 11) is 1.81. The van der Waals surface area contributed by atoms with Crippen LogP contribution in [0.25, 0.3) is 0 Å². The van der Waals surface area contributed by atoms with Crippen LogP contribution in [0, 0.1) is 5.41 Å². The fourth-order valence-electron chi connectivity index (χ4n) is 1.54. The Labute approximate surface area is 105 Å². The summed E-state index contributed by atoms with van der Waals surface area (Å²) in [6, 6.07) is 7.50. The normalized spacial score (nSPS) is 10.3. The maximum Gasteiger partial charge on any atom is 0.134 e. The molecule has 0 amide bonds. The maximum absolute atomic E-state index is 7.21. The third-order valence-electron chi connectivity index (χ3n) is 2.35. The van der Waals surface area contributed by atoms with Gasteiger partial charge in [-0.3, -0.25) is 10.1 Å². The van der Waals surface area contributed by atoms with Crippen LogP contribution in [-0.2, 0) is 20.1 Å². The van der Waals surface area contributed by atoms with Crippen molar-refractivity contribution in [2.75, 3.05) is 0 Å². The first-order valence-corrected chi connectivity index (χ1v) is 5.53. The molecule has 0 aliphatic heterocycles. The Morgan fingerprint density at radius 3 is 2.67 bits per heavy atom. The van der Waals surface area contributed by atoms with Crippen molar-refractivity contribution in [1.82, 2.24) is 15.0 Å². The number of nitrogens with zero attached hydrogens (tertiary/aromatic N) is 3. The molecule has 6 heteroatoms. The summed E-state index contributed by atoms with van der Waals surface area (Å²) in [5.41, 5.74) is 7.11. The van der Waals surface area contributed by atoms with Gasteiger partial charge in [0.2, 0.25) is 0 Å². The Balaban J connectivity index is 1.92. The van der Waals surface area contributed by atoms with Crippen molar-refractivity contribution in [2.24, 2.45) is 12.8 Å². The number of benzene rings is 1. The Morgan fingerprint density at radius 2 is 2.11 bits per heavy atom. The number of aryl methyl sites for hydroxylation is 1. The van der Waals surface area contributed by atoms with E-state index in [1.165, 1.54) is 0 Å². The van der Waals surface area contributed by atoms with Crippen LogP contribution in [0.15, 0.2) is 30.5 Å². The van der Waals surface area contributed by atoms with Gasteiger partial charge in [-0.25, -0.2) is 0 Å². The number of rotatable bonds is 5. The molecule has 3 N–H and O–H groups in total. The topological polar surface area (TPSA) is 89.8 Å². The predicted octanol–water partition coefficient (Wildman–Crippen LogP) is 0.873. The summed E-state index contributed by atoms with van der Waals surface area (Å²) >= 11 is 0. The van der Waals surface area contributed by atoms with Crippen molar-refractivity contribution in [3.05, 3.63) is 41.7 Å². The zero-order valence-electron chi connectivity index (χ0n) is 10.1. The molecule has 0 fully saturated rings. The smallest absolute Gasteiger partial charge is 0.134 e. The molecule has 6 nitrogen and oxygen atoms in total. The van der Waals surface area contributed by atoms with Gasteiger partial charge in [-0.15, -0.1) is 5.10 Å². The van der Waals surface area contributed by atoms with Gasteiger partial charge in [0.05, 0.1) is 12.0 Å². The molecule has 0 atom stereocenters.